The lowest BCUT2D eigenvalue weighted by Crippen LogP contribution is -2.22. The third-order valence-corrected chi connectivity index (χ3v) is 7.17. The summed E-state index contributed by atoms with van der Waals surface area (Å²) in [6, 6.07) is 22.4. The lowest BCUT2D eigenvalue weighted by Gasteiger charge is -2.15. The summed E-state index contributed by atoms with van der Waals surface area (Å²) in [6.45, 7) is 2.72. The highest BCUT2D eigenvalue weighted by Gasteiger charge is 2.64. The molecule has 2 saturated carbocycles. The highest BCUT2D eigenvalue weighted by Crippen LogP contribution is 2.66. The van der Waals surface area contributed by atoms with Crippen LogP contribution in [0.1, 0.15) is 43.7 Å². The van der Waals surface area contributed by atoms with Crippen molar-refractivity contribution in [3.8, 4) is 5.75 Å². The van der Waals surface area contributed by atoms with E-state index < -0.39 is 0 Å². The molecular formula is C27H28N2O2. The first-order valence-electron chi connectivity index (χ1n) is 11.2. The van der Waals surface area contributed by atoms with Gasteiger partial charge in [0.15, 0.2) is 0 Å². The SMILES string of the molecule is CC12CCCCC1C2C(=O)N/N=C/c1ccccc1OCc1cccc2ccccc12. The molecule has 0 radical (unpaired) electrons. The molecule has 5 rings (SSSR count). The predicted molar refractivity (Wildman–Crippen MR) is 124 cm³/mol. The first-order chi connectivity index (χ1) is 15.2. The number of hydrogen-bond acceptors (Lipinski definition) is 3. The zero-order valence-corrected chi connectivity index (χ0v) is 17.9. The maximum atomic E-state index is 12.6. The molecule has 0 aromatic heterocycles. The van der Waals surface area contributed by atoms with Gasteiger partial charge in [-0.15, -0.1) is 0 Å². The molecular weight excluding hydrogens is 384 g/mol. The number of carbonyl (C=O) groups is 1. The zero-order chi connectivity index (χ0) is 21.3. The number of para-hydroxylation sites is 1. The summed E-state index contributed by atoms with van der Waals surface area (Å²) in [5, 5.41) is 6.65. The summed E-state index contributed by atoms with van der Waals surface area (Å²) < 4.78 is 6.14. The standard InChI is InChI=1S/C27H28N2O2/c1-27-16-7-6-14-23(27)25(27)26(30)29-28-17-20-10-3-5-15-24(20)31-18-21-12-8-11-19-9-2-4-13-22(19)21/h2-5,8-13,15,17,23,25H,6-7,14,16,18H2,1H3,(H,29,30)/b28-17+. The molecule has 0 spiro atoms. The number of benzene rings is 3. The molecule has 1 amide bonds. The first-order valence-corrected chi connectivity index (χ1v) is 11.2. The second-order valence-corrected chi connectivity index (χ2v) is 9.03. The van der Waals surface area contributed by atoms with Gasteiger partial charge < -0.3 is 4.74 Å². The largest absolute Gasteiger partial charge is 0.488 e. The Balaban J connectivity index is 1.25. The van der Waals surface area contributed by atoms with Crippen molar-refractivity contribution in [1.29, 1.82) is 0 Å². The van der Waals surface area contributed by atoms with E-state index in [1.807, 2.05) is 36.4 Å². The van der Waals surface area contributed by atoms with Crippen LogP contribution in [-0.2, 0) is 11.4 Å². The maximum Gasteiger partial charge on any atom is 0.244 e. The van der Waals surface area contributed by atoms with Gasteiger partial charge in [0.1, 0.15) is 12.4 Å². The van der Waals surface area contributed by atoms with Gasteiger partial charge in [-0.2, -0.15) is 5.10 Å². The molecule has 4 heteroatoms. The van der Waals surface area contributed by atoms with Gasteiger partial charge in [0.05, 0.1) is 6.21 Å². The first kappa shape index (κ1) is 19.8. The molecule has 158 valence electrons. The third-order valence-electron chi connectivity index (χ3n) is 7.17. The second-order valence-electron chi connectivity index (χ2n) is 9.03. The topological polar surface area (TPSA) is 50.7 Å². The molecule has 0 saturated heterocycles. The van der Waals surface area contributed by atoms with Gasteiger partial charge in [-0.25, -0.2) is 5.43 Å². The third kappa shape index (κ3) is 3.83. The molecule has 1 N–H and O–H groups in total. The summed E-state index contributed by atoms with van der Waals surface area (Å²) in [5.74, 6) is 1.46. The van der Waals surface area contributed by atoms with E-state index in [2.05, 4.69) is 47.8 Å². The van der Waals surface area contributed by atoms with Gasteiger partial charge in [-0.05, 0) is 52.6 Å². The Morgan fingerprint density at radius 3 is 2.77 bits per heavy atom. The van der Waals surface area contributed by atoms with E-state index in [1.165, 1.54) is 30.0 Å². The van der Waals surface area contributed by atoms with Crippen LogP contribution in [0.2, 0.25) is 0 Å². The number of amides is 1. The summed E-state index contributed by atoms with van der Waals surface area (Å²) in [4.78, 5) is 12.6. The molecule has 3 aromatic rings. The molecule has 0 aliphatic heterocycles. The monoisotopic (exact) mass is 412 g/mol. The van der Waals surface area contributed by atoms with Crippen LogP contribution in [0, 0.1) is 17.3 Å². The Labute approximate surface area is 183 Å². The van der Waals surface area contributed by atoms with Crippen molar-refractivity contribution in [2.75, 3.05) is 0 Å². The minimum Gasteiger partial charge on any atom is -0.488 e. The van der Waals surface area contributed by atoms with E-state index in [0.29, 0.717) is 12.5 Å². The minimum absolute atomic E-state index is 0.0554. The van der Waals surface area contributed by atoms with Gasteiger partial charge in [0.25, 0.3) is 0 Å². The molecule has 0 heterocycles. The average Bonchev–Trinajstić information content (AvgIpc) is 3.44. The van der Waals surface area contributed by atoms with Crippen LogP contribution in [-0.4, -0.2) is 12.1 Å². The van der Waals surface area contributed by atoms with Crippen molar-refractivity contribution < 1.29 is 9.53 Å². The summed E-state index contributed by atoms with van der Waals surface area (Å²) in [7, 11) is 0. The molecule has 2 aliphatic rings. The average molecular weight is 413 g/mol. The second kappa shape index (κ2) is 8.18. The number of nitrogens with zero attached hydrogens (tertiary/aromatic N) is 1. The van der Waals surface area contributed by atoms with Gasteiger partial charge in [-0.3, -0.25) is 4.79 Å². The number of hydrogen-bond donors (Lipinski definition) is 1. The van der Waals surface area contributed by atoms with E-state index in [1.54, 1.807) is 6.21 Å². The van der Waals surface area contributed by atoms with Crippen molar-refractivity contribution in [1.82, 2.24) is 5.43 Å². The number of hydrazone groups is 1. The van der Waals surface area contributed by atoms with Crippen LogP contribution in [0.25, 0.3) is 10.8 Å². The van der Waals surface area contributed by atoms with E-state index in [0.717, 1.165) is 23.3 Å². The van der Waals surface area contributed by atoms with Crippen molar-refractivity contribution in [2.24, 2.45) is 22.4 Å². The van der Waals surface area contributed by atoms with Crippen molar-refractivity contribution >= 4 is 22.9 Å². The molecule has 31 heavy (non-hydrogen) atoms. The Morgan fingerprint density at radius 1 is 1.10 bits per heavy atom. The Kier molecular flexibility index (Phi) is 5.23. The lowest BCUT2D eigenvalue weighted by atomic mass is 9.90. The maximum absolute atomic E-state index is 12.6. The molecule has 3 unspecified atom stereocenters. The van der Waals surface area contributed by atoms with Crippen LogP contribution in [0.15, 0.2) is 71.8 Å². The number of nitrogens with one attached hydrogen (secondary N) is 1. The summed E-state index contributed by atoms with van der Waals surface area (Å²) in [6.07, 6.45) is 6.49. The van der Waals surface area contributed by atoms with Gasteiger partial charge in [-0.1, -0.05) is 74.4 Å². The molecule has 0 bridgehead atoms. The van der Waals surface area contributed by atoms with E-state index in [4.69, 9.17) is 4.74 Å². The van der Waals surface area contributed by atoms with E-state index >= 15 is 0 Å². The molecule has 4 nitrogen and oxygen atoms in total. The van der Waals surface area contributed by atoms with Crippen LogP contribution in [0.3, 0.4) is 0 Å². The predicted octanol–water partition coefficient (Wildman–Crippen LogP) is 5.70. The van der Waals surface area contributed by atoms with Crippen LogP contribution < -0.4 is 10.2 Å². The Morgan fingerprint density at radius 2 is 1.90 bits per heavy atom. The van der Waals surface area contributed by atoms with Crippen molar-refractivity contribution in [3.63, 3.8) is 0 Å². The Bertz CT molecular complexity index is 1130. The van der Waals surface area contributed by atoms with Crippen LogP contribution in [0.4, 0.5) is 0 Å². The van der Waals surface area contributed by atoms with E-state index in [9.17, 15) is 4.79 Å². The number of carbonyl (C=O) groups excluding carboxylic acids is 1. The fourth-order valence-corrected chi connectivity index (χ4v) is 5.38. The zero-order valence-electron chi connectivity index (χ0n) is 17.9. The fourth-order valence-electron chi connectivity index (χ4n) is 5.38. The van der Waals surface area contributed by atoms with E-state index in [-0.39, 0.29) is 17.2 Å². The normalized spacial score (nSPS) is 24.7. The highest BCUT2D eigenvalue weighted by molar-refractivity contribution is 5.87. The minimum atomic E-state index is 0.0554. The van der Waals surface area contributed by atoms with Crippen molar-refractivity contribution in [2.45, 2.75) is 39.2 Å². The Hall–Kier alpha value is -3.14. The molecule has 2 fully saturated rings. The number of fused-ring (bicyclic) bond motifs is 2. The summed E-state index contributed by atoms with van der Waals surface area (Å²) in [5.41, 5.74) is 4.96. The number of ether oxygens (including phenoxy) is 1. The highest BCUT2D eigenvalue weighted by atomic mass is 16.5. The van der Waals surface area contributed by atoms with Gasteiger partial charge >= 0.3 is 0 Å². The van der Waals surface area contributed by atoms with Gasteiger partial charge in [0.2, 0.25) is 5.91 Å². The van der Waals surface area contributed by atoms with Crippen LogP contribution in [0.5, 0.6) is 5.75 Å². The quantitative estimate of drug-likeness (QED) is 0.417. The van der Waals surface area contributed by atoms with Gasteiger partial charge in [0, 0.05) is 11.5 Å². The smallest absolute Gasteiger partial charge is 0.244 e. The van der Waals surface area contributed by atoms with Crippen LogP contribution >= 0.6 is 0 Å². The van der Waals surface area contributed by atoms with Crippen molar-refractivity contribution in [3.05, 3.63) is 77.9 Å². The molecule has 3 aromatic carbocycles. The summed E-state index contributed by atoms with van der Waals surface area (Å²) >= 11 is 0. The molecule has 2 aliphatic carbocycles. The fraction of sp³-hybridized carbons (Fsp3) is 0.333. The lowest BCUT2D eigenvalue weighted by molar-refractivity contribution is -0.123. The molecule has 3 atom stereocenters. The number of rotatable bonds is 6.